The van der Waals surface area contributed by atoms with Crippen LogP contribution in [0.3, 0.4) is 0 Å². The highest BCUT2D eigenvalue weighted by molar-refractivity contribution is 7.99. The molecular formula is C10H12N2OS. The summed E-state index contributed by atoms with van der Waals surface area (Å²) in [6.07, 6.45) is 0.994. The average molecular weight is 208 g/mol. The van der Waals surface area contributed by atoms with Crippen molar-refractivity contribution in [3.8, 4) is 0 Å². The van der Waals surface area contributed by atoms with E-state index in [1.807, 2.05) is 12.1 Å². The van der Waals surface area contributed by atoms with Gasteiger partial charge in [-0.25, -0.2) is 0 Å². The van der Waals surface area contributed by atoms with E-state index in [0.29, 0.717) is 5.56 Å². The maximum atomic E-state index is 10.9. The molecule has 1 heterocycles. The molecule has 0 bridgehead atoms. The van der Waals surface area contributed by atoms with Gasteiger partial charge in [-0.3, -0.25) is 4.79 Å². The quantitative estimate of drug-likeness (QED) is 0.730. The zero-order valence-corrected chi connectivity index (χ0v) is 8.51. The van der Waals surface area contributed by atoms with Crippen LogP contribution in [0, 0.1) is 0 Å². The van der Waals surface area contributed by atoms with Crippen LogP contribution < -0.4 is 11.5 Å². The van der Waals surface area contributed by atoms with Gasteiger partial charge in [-0.2, -0.15) is 0 Å². The molecule has 1 aromatic carbocycles. The zero-order valence-electron chi connectivity index (χ0n) is 7.69. The Morgan fingerprint density at radius 2 is 2.29 bits per heavy atom. The molecule has 74 valence electrons. The third-order valence-corrected chi connectivity index (χ3v) is 3.49. The van der Waals surface area contributed by atoms with E-state index in [1.54, 1.807) is 17.8 Å². The van der Waals surface area contributed by atoms with Gasteiger partial charge in [0, 0.05) is 16.5 Å². The lowest BCUT2D eigenvalue weighted by Crippen LogP contribution is -2.17. The first-order valence-corrected chi connectivity index (χ1v) is 5.49. The van der Waals surface area contributed by atoms with Crippen LogP contribution in [0.2, 0.25) is 0 Å². The molecule has 1 unspecified atom stereocenters. The van der Waals surface area contributed by atoms with Gasteiger partial charge in [-0.15, -0.1) is 11.8 Å². The third kappa shape index (κ3) is 1.63. The molecule has 1 amide bonds. The van der Waals surface area contributed by atoms with Crippen LogP contribution in [0.4, 0.5) is 0 Å². The number of primary amides is 1. The molecule has 4 heteroatoms. The fraction of sp³-hybridized carbons (Fsp3) is 0.300. The molecular weight excluding hydrogens is 196 g/mol. The summed E-state index contributed by atoms with van der Waals surface area (Å²) < 4.78 is 0. The van der Waals surface area contributed by atoms with Gasteiger partial charge in [0.1, 0.15) is 0 Å². The van der Waals surface area contributed by atoms with Crippen LogP contribution in [-0.4, -0.2) is 11.7 Å². The Morgan fingerprint density at radius 1 is 1.50 bits per heavy atom. The maximum absolute atomic E-state index is 10.9. The van der Waals surface area contributed by atoms with Crippen molar-refractivity contribution in [2.45, 2.75) is 17.4 Å². The van der Waals surface area contributed by atoms with E-state index in [-0.39, 0.29) is 11.9 Å². The van der Waals surface area contributed by atoms with Crippen molar-refractivity contribution in [2.75, 3.05) is 5.75 Å². The summed E-state index contributed by atoms with van der Waals surface area (Å²) in [4.78, 5) is 12.0. The van der Waals surface area contributed by atoms with Gasteiger partial charge >= 0.3 is 0 Å². The highest BCUT2D eigenvalue weighted by Crippen LogP contribution is 2.35. The van der Waals surface area contributed by atoms with Crippen molar-refractivity contribution >= 4 is 17.7 Å². The summed E-state index contributed by atoms with van der Waals surface area (Å²) in [6.45, 7) is 0. The Morgan fingerprint density at radius 3 is 3.00 bits per heavy atom. The first kappa shape index (κ1) is 9.55. The van der Waals surface area contributed by atoms with E-state index in [1.165, 1.54) is 0 Å². The summed E-state index contributed by atoms with van der Waals surface area (Å²) in [5.41, 5.74) is 12.8. The van der Waals surface area contributed by atoms with Crippen LogP contribution in [-0.2, 0) is 0 Å². The lowest BCUT2D eigenvalue weighted by atomic mass is 10.0. The summed E-state index contributed by atoms with van der Waals surface area (Å²) in [5.74, 6) is 0.628. The molecule has 0 saturated carbocycles. The van der Waals surface area contributed by atoms with E-state index in [4.69, 9.17) is 11.5 Å². The smallest absolute Gasteiger partial charge is 0.248 e. The molecule has 1 aliphatic rings. The van der Waals surface area contributed by atoms with Crippen molar-refractivity contribution in [3.05, 3.63) is 29.3 Å². The first-order valence-electron chi connectivity index (χ1n) is 4.50. The van der Waals surface area contributed by atoms with Crippen LogP contribution >= 0.6 is 11.8 Å². The number of thioether (sulfide) groups is 1. The van der Waals surface area contributed by atoms with Crippen molar-refractivity contribution in [1.29, 1.82) is 0 Å². The Labute approximate surface area is 86.8 Å². The number of fused-ring (bicyclic) bond motifs is 1. The van der Waals surface area contributed by atoms with Gasteiger partial charge < -0.3 is 11.5 Å². The molecule has 1 atom stereocenters. The van der Waals surface area contributed by atoms with Crippen LogP contribution in [0.5, 0.6) is 0 Å². The minimum absolute atomic E-state index is 0.105. The second kappa shape index (κ2) is 3.63. The molecule has 14 heavy (non-hydrogen) atoms. The van der Waals surface area contributed by atoms with E-state index >= 15 is 0 Å². The molecule has 1 aromatic rings. The van der Waals surface area contributed by atoms with E-state index in [9.17, 15) is 4.79 Å². The fourth-order valence-electron chi connectivity index (χ4n) is 1.57. The van der Waals surface area contributed by atoms with Crippen LogP contribution in [0.25, 0.3) is 0 Å². The van der Waals surface area contributed by atoms with E-state index < -0.39 is 0 Å². The molecule has 0 spiro atoms. The molecule has 4 N–H and O–H groups in total. The van der Waals surface area contributed by atoms with Crippen molar-refractivity contribution < 1.29 is 4.79 Å². The molecule has 2 rings (SSSR count). The number of carbonyl (C=O) groups excluding carboxylic acids is 1. The van der Waals surface area contributed by atoms with Crippen LogP contribution in [0.15, 0.2) is 23.1 Å². The van der Waals surface area contributed by atoms with E-state index in [0.717, 1.165) is 22.6 Å². The Balaban J connectivity index is 2.44. The largest absolute Gasteiger partial charge is 0.366 e. The highest BCUT2D eigenvalue weighted by Gasteiger charge is 2.17. The number of nitrogens with two attached hydrogens (primary N) is 2. The molecule has 0 radical (unpaired) electrons. The van der Waals surface area contributed by atoms with Crippen molar-refractivity contribution in [3.63, 3.8) is 0 Å². The van der Waals surface area contributed by atoms with Gasteiger partial charge in [0.15, 0.2) is 0 Å². The average Bonchev–Trinajstić information content (AvgIpc) is 2.17. The van der Waals surface area contributed by atoms with Crippen molar-refractivity contribution in [2.24, 2.45) is 11.5 Å². The lowest BCUT2D eigenvalue weighted by Gasteiger charge is -2.21. The highest BCUT2D eigenvalue weighted by atomic mass is 32.2. The standard InChI is InChI=1S/C10H12N2OS/c11-8-3-4-14-9-5-6(10(12)13)1-2-7(8)9/h1-2,5,8H,3-4,11H2,(H2,12,13). The number of carbonyl (C=O) groups is 1. The Bertz CT molecular complexity index is 378. The third-order valence-electron chi connectivity index (χ3n) is 2.38. The molecule has 0 fully saturated rings. The molecule has 0 aromatic heterocycles. The number of hydrogen-bond acceptors (Lipinski definition) is 3. The monoisotopic (exact) mass is 208 g/mol. The Hall–Kier alpha value is -1.00. The summed E-state index contributed by atoms with van der Waals surface area (Å²) >= 11 is 1.74. The number of benzene rings is 1. The van der Waals surface area contributed by atoms with E-state index in [2.05, 4.69) is 0 Å². The number of hydrogen-bond donors (Lipinski definition) is 2. The lowest BCUT2D eigenvalue weighted by molar-refractivity contribution is 0.1000. The fourth-order valence-corrected chi connectivity index (χ4v) is 2.76. The predicted molar refractivity (Wildman–Crippen MR) is 57.2 cm³/mol. The molecule has 1 aliphatic heterocycles. The van der Waals surface area contributed by atoms with Crippen LogP contribution in [0.1, 0.15) is 28.4 Å². The molecule has 0 aliphatic carbocycles. The predicted octanol–water partition coefficient (Wildman–Crippen LogP) is 1.28. The van der Waals surface area contributed by atoms with Crippen molar-refractivity contribution in [1.82, 2.24) is 0 Å². The second-order valence-electron chi connectivity index (χ2n) is 3.36. The normalized spacial score (nSPS) is 20.2. The summed E-state index contributed by atoms with van der Waals surface area (Å²) in [5, 5.41) is 0. The van der Waals surface area contributed by atoms with Gasteiger partial charge in [0.05, 0.1) is 0 Å². The minimum Gasteiger partial charge on any atom is -0.366 e. The molecule has 0 saturated heterocycles. The number of rotatable bonds is 1. The Kier molecular flexibility index (Phi) is 2.48. The second-order valence-corrected chi connectivity index (χ2v) is 4.50. The zero-order chi connectivity index (χ0) is 10.1. The van der Waals surface area contributed by atoms with Gasteiger partial charge in [0.2, 0.25) is 5.91 Å². The maximum Gasteiger partial charge on any atom is 0.248 e. The summed E-state index contributed by atoms with van der Waals surface area (Å²) in [6, 6.07) is 5.59. The number of amides is 1. The van der Waals surface area contributed by atoms with Gasteiger partial charge in [0.25, 0.3) is 0 Å². The van der Waals surface area contributed by atoms with Gasteiger partial charge in [-0.1, -0.05) is 6.07 Å². The SMILES string of the molecule is NC(=O)c1ccc2c(c1)SCCC2N. The molecule has 3 nitrogen and oxygen atoms in total. The minimum atomic E-state index is -0.382. The van der Waals surface area contributed by atoms with Gasteiger partial charge in [-0.05, 0) is 29.9 Å². The first-order chi connectivity index (χ1) is 6.68. The summed E-state index contributed by atoms with van der Waals surface area (Å²) in [7, 11) is 0. The topological polar surface area (TPSA) is 69.1 Å².